The van der Waals surface area contributed by atoms with Gasteiger partial charge in [-0.05, 0) is 37.8 Å². The van der Waals surface area contributed by atoms with Crippen LogP contribution < -0.4 is 10.3 Å². The van der Waals surface area contributed by atoms with Crippen LogP contribution in [0.15, 0.2) is 41.2 Å². The third kappa shape index (κ3) is 3.48. The molecule has 1 aromatic carbocycles. The van der Waals surface area contributed by atoms with Gasteiger partial charge in [-0.2, -0.15) is 0 Å². The van der Waals surface area contributed by atoms with Crippen LogP contribution in [0, 0.1) is 0 Å². The number of hydrogen-bond donors (Lipinski definition) is 0. The summed E-state index contributed by atoms with van der Waals surface area (Å²) >= 11 is 1.56. The highest BCUT2D eigenvalue weighted by molar-refractivity contribution is 7.17. The van der Waals surface area contributed by atoms with Crippen molar-refractivity contribution < 1.29 is 14.3 Å². The Kier molecular flexibility index (Phi) is 4.71. The number of para-hydroxylation sites is 1. The number of aromatic nitrogens is 2. The molecular formula is C19H18N2O4S. The number of hydrogen-bond acceptors (Lipinski definition) is 6. The van der Waals surface area contributed by atoms with Crippen LogP contribution in [0.5, 0.6) is 5.75 Å². The van der Waals surface area contributed by atoms with Gasteiger partial charge in [-0.3, -0.25) is 9.20 Å². The Morgan fingerprint density at radius 3 is 2.85 bits per heavy atom. The molecule has 1 aliphatic carbocycles. The van der Waals surface area contributed by atoms with Crippen molar-refractivity contribution in [2.24, 2.45) is 0 Å². The second kappa shape index (κ2) is 7.29. The third-order valence-electron chi connectivity index (χ3n) is 4.30. The molecule has 0 unspecified atom stereocenters. The van der Waals surface area contributed by atoms with Crippen LogP contribution in [0.25, 0.3) is 4.96 Å². The molecule has 26 heavy (non-hydrogen) atoms. The van der Waals surface area contributed by atoms with Crippen LogP contribution in [0.1, 0.15) is 29.1 Å². The molecule has 4 rings (SSSR count). The van der Waals surface area contributed by atoms with Crippen LogP contribution in [0.2, 0.25) is 0 Å². The molecule has 3 aromatic rings. The first-order chi connectivity index (χ1) is 12.7. The first-order valence-electron chi connectivity index (χ1n) is 8.57. The summed E-state index contributed by atoms with van der Waals surface area (Å²) in [6.45, 7) is -0.218. The number of carbonyl (C=O) groups is 1. The van der Waals surface area contributed by atoms with E-state index >= 15 is 0 Å². The first kappa shape index (κ1) is 16.8. The summed E-state index contributed by atoms with van der Waals surface area (Å²) in [6, 6.07) is 10.5. The van der Waals surface area contributed by atoms with E-state index in [1.807, 2.05) is 18.2 Å². The van der Waals surface area contributed by atoms with Crippen molar-refractivity contribution in [3.05, 3.63) is 63.0 Å². The highest BCUT2D eigenvalue weighted by atomic mass is 32.1. The Morgan fingerprint density at radius 1 is 1.19 bits per heavy atom. The fourth-order valence-electron chi connectivity index (χ4n) is 3.07. The SMILES string of the molecule is O=C(COc1ccccc1)OCc1cc(=O)n2c3c(sc2n1)CCCC3. The lowest BCUT2D eigenvalue weighted by molar-refractivity contribution is -0.147. The molecule has 0 saturated heterocycles. The maximum Gasteiger partial charge on any atom is 0.344 e. The van der Waals surface area contributed by atoms with Gasteiger partial charge in [-0.25, -0.2) is 9.78 Å². The molecule has 2 aromatic heterocycles. The van der Waals surface area contributed by atoms with Gasteiger partial charge >= 0.3 is 5.97 Å². The van der Waals surface area contributed by atoms with Crippen molar-refractivity contribution in [1.82, 2.24) is 9.38 Å². The fourth-order valence-corrected chi connectivity index (χ4v) is 4.30. The van der Waals surface area contributed by atoms with Crippen molar-refractivity contribution in [1.29, 1.82) is 0 Å². The van der Waals surface area contributed by atoms with Crippen molar-refractivity contribution in [2.45, 2.75) is 32.3 Å². The predicted molar refractivity (Wildman–Crippen MR) is 97.7 cm³/mol. The maximum atomic E-state index is 12.5. The zero-order chi connectivity index (χ0) is 17.9. The Labute approximate surface area is 154 Å². The van der Waals surface area contributed by atoms with Gasteiger partial charge in [-0.15, -0.1) is 11.3 Å². The van der Waals surface area contributed by atoms with E-state index in [-0.39, 0.29) is 18.8 Å². The largest absolute Gasteiger partial charge is 0.482 e. The highest BCUT2D eigenvalue weighted by Gasteiger charge is 2.18. The normalized spacial score (nSPS) is 13.4. The van der Waals surface area contributed by atoms with E-state index in [2.05, 4.69) is 4.98 Å². The minimum Gasteiger partial charge on any atom is -0.482 e. The molecule has 0 fully saturated rings. The minimum atomic E-state index is -0.499. The lowest BCUT2D eigenvalue weighted by Gasteiger charge is -2.10. The summed E-state index contributed by atoms with van der Waals surface area (Å²) in [5.41, 5.74) is 1.44. The lowest BCUT2D eigenvalue weighted by atomic mass is 10.0. The second-order valence-electron chi connectivity index (χ2n) is 6.15. The number of ether oxygens (including phenoxy) is 2. The number of nitrogens with zero attached hydrogens (tertiary/aromatic N) is 2. The van der Waals surface area contributed by atoms with Crippen molar-refractivity contribution >= 4 is 22.3 Å². The molecule has 0 bridgehead atoms. The van der Waals surface area contributed by atoms with Gasteiger partial charge in [0.15, 0.2) is 11.6 Å². The molecule has 0 N–H and O–H groups in total. The molecular weight excluding hydrogens is 352 g/mol. The van der Waals surface area contributed by atoms with Gasteiger partial charge in [0.2, 0.25) is 0 Å². The molecule has 0 amide bonds. The monoisotopic (exact) mass is 370 g/mol. The quantitative estimate of drug-likeness (QED) is 0.646. The summed E-state index contributed by atoms with van der Waals surface area (Å²) in [6.07, 6.45) is 4.18. The highest BCUT2D eigenvalue weighted by Crippen LogP contribution is 2.28. The Hall–Kier alpha value is -2.67. The smallest absolute Gasteiger partial charge is 0.344 e. The summed E-state index contributed by atoms with van der Waals surface area (Å²) in [7, 11) is 0. The van der Waals surface area contributed by atoms with Crippen LogP contribution in [-0.2, 0) is 29.0 Å². The Balaban J connectivity index is 1.42. The van der Waals surface area contributed by atoms with Gasteiger partial charge in [0.05, 0.1) is 5.69 Å². The summed E-state index contributed by atoms with van der Waals surface area (Å²) in [5, 5.41) is 0. The van der Waals surface area contributed by atoms with Crippen LogP contribution in [-0.4, -0.2) is 22.0 Å². The van der Waals surface area contributed by atoms with Gasteiger partial charge in [0.25, 0.3) is 5.56 Å². The van der Waals surface area contributed by atoms with E-state index in [9.17, 15) is 9.59 Å². The van der Waals surface area contributed by atoms with E-state index in [1.165, 1.54) is 10.9 Å². The summed E-state index contributed by atoms with van der Waals surface area (Å²) in [5.74, 6) is 0.104. The van der Waals surface area contributed by atoms with Gasteiger partial charge in [0.1, 0.15) is 12.4 Å². The molecule has 134 valence electrons. The van der Waals surface area contributed by atoms with Crippen molar-refractivity contribution in [3.63, 3.8) is 0 Å². The molecule has 0 spiro atoms. The number of aryl methyl sites for hydroxylation is 2. The Bertz CT molecular complexity index is 994. The average molecular weight is 370 g/mol. The molecule has 0 aliphatic heterocycles. The topological polar surface area (TPSA) is 69.9 Å². The number of carbonyl (C=O) groups excluding carboxylic acids is 1. The summed E-state index contributed by atoms with van der Waals surface area (Å²) in [4.78, 5) is 30.7. The summed E-state index contributed by atoms with van der Waals surface area (Å²) < 4.78 is 12.2. The number of rotatable bonds is 5. The second-order valence-corrected chi connectivity index (χ2v) is 7.21. The lowest BCUT2D eigenvalue weighted by Crippen LogP contribution is -2.19. The van der Waals surface area contributed by atoms with Crippen LogP contribution in [0.3, 0.4) is 0 Å². The number of thiazole rings is 1. The Morgan fingerprint density at radius 2 is 2.00 bits per heavy atom. The predicted octanol–water partition coefficient (Wildman–Crippen LogP) is 2.76. The standard InChI is InChI=1S/C19H18N2O4S/c22-17-10-13(11-25-18(23)12-24-14-6-2-1-3-7-14)20-19-21(17)15-8-4-5-9-16(15)26-19/h1-3,6-7,10H,4-5,8-9,11-12H2. The van der Waals surface area contributed by atoms with E-state index in [1.54, 1.807) is 27.9 Å². The number of fused-ring (bicyclic) bond motifs is 3. The molecule has 0 saturated carbocycles. The van der Waals surface area contributed by atoms with Gasteiger partial charge in [0, 0.05) is 16.6 Å². The third-order valence-corrected chi connectivity index (χ3v) is 5.44. The van der Waals surface area contributed by atoms with Crippen molar-refractivity contribution in [2.75, 3.05) is 6.61 Å². The van der Waals surface area contributed by atoms with Gasteiger partial charge < -0.3 is 9.47 Å². The molecule has 7 heteroatoms. The molecule has 2 heterocycles. The van der Waals surface area contributed by atoms with Gasteiger partial charge in [-0.1, -0.05) is 18.2 Å². The van der Waals surface area contributed by atoms with Crippen LogP contribution in [0.4, 0.5) is 0 Å². The number of esters is 1. The van der Waals surface area contributed by atoms with Crippen LogP contribution >= 0.6 is 11.3 Å². The van der Waals surface area contributed by atoms with E-state index in [0.29, 0.717) is 16.4 Å². The minimum absolute atomic E-state index is 0.0364. The van der Waals surface area contributed by atoms with Crippen molar-refractivity contribution in [3.8, 4) is 5.75 Å². The molecule has 0 atom stereocenters. The van der Waals surface area contributed by atoms with E-state index < -0.39 is 5.97 Å². The maximum absolute atomic E-state index is 12.5. The number of benzene rings is 1. The molecule has 6 nitrogen and oxygen atoms in total. The molecule has 0 radical (unpaired) electrons. The zero-order valence-corrected chi connectivity index (χ0v) is 15.0. The average Bonchev–Trinajstić information content (AvgIpc) is 3.04. The molecule has 1 aliphatic rings. The first-order valence-corrected chi connectivity index (χ1v) is 9.39. The zero-order valence-electron chi connectivity index (χ0n) is 14.1. The van der Waals surface area contributed by atoms with E-state index in [4.69, 9.17) is 9.47 Å². The van der Waals surface area contributed by atoms with E-state index in [0.717, 1.165) is 31.4 Å². The fraction of sp³-hybridized carbons (Fsp3) is 0.316.